The number of nitrogens with two attached hydrogens (primary N) is 1. The van der Waals surface area contributed by atoms with Crippen molar-refractivity contribution in [1.82, 2.24) is 0 Å². The van der Waals surface area contributed by atoms with Crippen LogP contribution < -0.4 is 5.73 Å². The van der Waals surface area contributed by atoms with E-state index < -0.39 is 12.1 Å². The van der Waals surface area contributed by atoms with E-state index in [1.807, 2.05) is 0 Å². The Kier molecular flexibility index (Phi) is 9.25. The monoisotopic (exact) mass is 189 g/mol. The summed E-state index contributed by atoms with van der Waals surface area (Å²) in [6.07, 6.45) is 0.456. The SMILES string of the molecule is CC(C)=CC(=O)O.CCOC(N)=O. The molecular formula is C8H15NO4. The average Bonchev–Trinajstić information content (AvgIpc) is 1.83. The van der Waals surface area contributed by atoms with Crippen LogP contribution in [-0.2, 0) is 9.53 Å². The maximum atomic E-state index is 9.73. The molecule has 5 nitrogen and oxygen atoms in total. The van der Waals surface area contributed by atoms with E-state index in [1.165, 1.54) is 6.08 Å². The van der Waals surface area contributed by atoms with E-state index in [2.05, 4.69) is 10.5 Å². The van der Waals surface area contributed by atoms with Crippen molar-refractivity contribution < 1.29 is 19.4 Å². The lowest BCUT2D eigenvalue weighted by Crippen LogP contribution is -2.11. The number of hydrogen-bond acceptors (Lipinski definition) is 3. The van der Waals surface area contributed by atoms with Crippen molar-refractivity contribution in [2.24, 2.45) is 5.73 Å². The maximum Gasteiger partial charge on any atom is 0.404 e. The van der Waals surface area contributed by atoms with Gasteiger partial charge in [0.1, 0.15) is 0 Å². The number of allylic oxidation sites excluding steroid dienone is 1. The van der Waals surface area contributed by atoms with Crippen molar-refractivity contribution in [2.45, 2.75) is 20.8 Å². The number of amides is 1. The Hall–Kier alpha value is -1.52. The molecule has 0 aliphatic carbocycles. The van der Waals surface area contributed by atoms with E-state index in [-0.39, 0.29) is 0 Å². The van der Waals surface area contributed by atoms with Crippen molar-refractivity contribution in [3.8, 4) is 0 Å². The van der Waals surface area contributed by atoms with Crippen LogP contribution in [0.1, 0.15) is 20.8 Å². The van der Waals surface area contributed by atoms with E-state index in [0.29, 0.717) is 6.61 Å². The topological polar surface area (TPSA) is 89.6 Å². The lowest BCUT2D eigenvalue weighted by Gasteiger charge is -1.89. The summed E-state index contributed by atoms with van der Waals surface area (Å²) in [5.74, 6) is -0.875. The van der Waals surface area contributed by atoms with Gasteiger partial charge in [-0.1, -0.05) is 5.57 Å². The van der Waals surface area contributed by atoms with Gasteiger partial charge in [0.05, 0.1) is 6.61 Å². The minimum Gasteiger partial charge on any atom is -0.478 e. The third-order valence-electron chi connectivity index (χ3n) is 0.699. The number of hydrogen-bond donors (Lipinski definition) is 2. The number of carboxylic acids is 1. The molecule has 0 aromatic heterocycles. The largest absolute Gasteiger partial charge is 0.478 e. The van der Waals surface area contributed by atoms with Gasteiger partial charge >= 0.3 is 12.1 Å². The van der Waals surface area contributed by atoms with E-state index in [0.717, 1.165) is 5.57 Å². The van der Waals surface area contributed by atoms with Gasteiger partial charge in [-0.3, -0.25) is 0 Å². The molecule has 0 rings (SSSR count). The zero-order chi connectivity index (χ0) is 10.9. The quantitative estimate of drug-likeness (QED) is 0.637. The van der Waals surface area contributed by atoms with Gasteiger partial charge in [0, 0.05) is 6.08 Å². The molecule has 0 saturated heterocycles. The first-order valence-corrected chi connectivity index (χ1v) is 3.70. The van der Waals surface area contributed by atoms with Gasteiger partial charge in [-0.25, -0.2) is 9.59 Å². The second-order valence-corrected chi connectivity index (χ2v) is 2.31. The van der Waals surface area contributed by atoms with Crippen LogP contribution in [0.2, 0.25) is 0 Å². The van der Waals surface area contributed by atoms with Gasteiger partial charge in [0.2, 0.25) is 0 Å². The minimum atomic E-state index is -0.875. The summed E-state index contributed by atoms with van der Waals surface area (Å²) in [5.41, 5.74) is 5.35. The Morgan fingerprint density at radius 3 is 1.92 bits per heavy atom. The van der Waals surface area contributed by atoms with Gasteiger partial charge in [-0.15, -0.1) is 0 Å². The molecule has 76 valence electrons. The molecule has 0 aliphatic heterocycles. The summed E-state index contributed by atoms with van der Waals surface area (Å²) >= 11 is 0. The number of ether oxygens (including phenoxy) is 1. The zero-order valence-electron chi connectivity index (χ0n) is 8.03. The number of primary amides is 1. The first-order chi connectivity index (χ1) is 5.90. The fourth-order valence-electron chi connectivity index (χ4n) is 0.389. The molecular weight excluding hydrogens is 174 g/mol. The van der Waals surface area contributed by atoms with E-state index in [1.54, 1.807) is 20.8 Å². The van der Waals surface area contributed by atoms with Crippen LogP contribution in [0.25, 0.3) is 0 Å². The summed E-state index contributed by atoms with van der Waals surface area (Å²) in [6, 6.07) is 0. The molecule has 0 aromatic carbocycles. The second-order valence-electron chi connectivity index (χ2n) is 2.31. The van der Waals surface area contributed by atoms with Gasteiger partial charge in [0.25, 0.3) is 0 Å². The zero-order valence-corrected chi connectivity index (χ0v) is 8.03. The van der Waals surface area contributed by atoms with Crippen molar-refractivity contribution in [2.75, 3.05) is 6.61 Å². The van der Waals surface area contributed by atoms with Crippen LogP contribution in [0.15, 0.2) is 11.6 Å². The summed E-state index contributed by atoms with van der Waals surface area (Å²) < 4.78 is 4.18. The van der Waals surface area contributed by atoms with Crippen LogP contribution in [0.5, 0.6) is 0 Å². The number of carboxylic acid groups (broad SMARTS) is 1. The van der Waals surface area contributed by atoms with Gasteiger partial charge in [-0.05, 0) is 20.8 Å². The number of aliphatic carboxylic acids is 1. The molecule has 0 aromatic rings. The molecule has 0 unspecified atom stereocenters. The molecule has 0 heterocycles. The van der Waals surface area contributed by atoms with Crippen LogP contribution >= 0.6 is 0 Å². The first-order valence-electron chi connectivity index (χ1n) is 3.70. The average molecular weight is 189 g/mol. The second kappa shape index (κ2) is 8.58. The molecule has 1 amide bonds. The molecule has 0 atom stereocenters. The van der Waals surface area contributed by atoms with Crippen molar-refractivity contribution in [3.63, 3.8) is 0 Å². The fraction of sp³-hybridized carbons (Fsp3) is 0.500. The van der Waals surface area contributed by atoms with Crippen molar-refractivity contribution in [3.05, 3.63) is 11.6 Å². The third-order valence-corrected chi connectivity index (χ3v) is 0.699. The van der Waals surface area contributed by atoms with E-state index in [9.17, 15) is 9.59 Å². The van der Waals surface area contributed by atoms with Gasteiger partial charge in [-0.2, -0.15) is 0 Å². The van der Waals surface area contributed by atoms with Crippen LogP contribution in [0, 0.1) is 0 Å². The highest BCUT2D eigenvalue weighted by molar-refractivity contribution is 5.80. The highest BCUT2D eigenvalue weighted by Crippen LogP contribution is 1.85. The Bertz CT molecular complexity index is 194. The number of carbonyl (C=O) groups excluding carboxylic acids is 1. The summed E-state index contributed by atoms with van der Waals surface area (Å²) in [4.78, 5) is 19.3. The highest BCUT2D eigenvalue weighted by Gasteiger charge is 1.83. The van der Waals surface area contributed by atoms with Crippen LogP contribution in [0.4, 0.5) is 4.79 Å². The van der Waals surface area contributed by atoms with Gasteiger partial charge in [0.15, 0.2) is 0 Å². The smallest absolute Gasteiger partial charge is 0.404 e. The van der Waals surface area contributed by atoms with Crippen LogP contribution in [-0.4, -0.2) is 23.8 Å². The van der Waals surface area contributed by atoms with Crippen molar-refractivity contribution >= 4 is 12.1 Å². The molecule has 5 heteroatoms. The third kappa shape index (κ3) is 25.1. The lowest BCUT2D eigenvalue weighted by molar-refractivity contribution is -0.131. The van der Waals surface area contributed by atoms with E-state index in [4.69, 9.17) is 5.11 Å². The molecule has 0 saturated carbocycles. The van der Waals surface area contributed by atoms with Crippen LogP contribution in [0.3, 0.4) is 0 Å². The Labute approximate surface area is 77.2 Å². The molecule has 3 N–H and O–H groups in total. The summed E-state index contributed by atoms with van der Waals surface area (Å²) in [7, 11) is 0. The molecule has 0 radical (unpaired) electrons. The Balaban J connectivity index is 0. The summed E-state index contributed by atoms with van der Waals surface area (Å²) in [5, 5.41) is 8.01. The summed E-state index contributed by atoms with van der Waals surface area (Å²) in [6.45, 7) is 5.54. The van der Waals surface area contributed by atoms with Crippen molar-refractivity contribution in [1.29, 1.82) is 0 Å². The fourth-order valence-corrected chi connectivity index (χ4v) is 0.389. The Morgan fingerprint density at radius 2 is 1.92 bits per heavy atom. The standard InChI is InChI=1S/C5H8O2.C3H7NO2/c1-4(2)3-5(6)7;1-2-6-3(4)5/h3H,1-2H3,(H,6,7);2H2,1H3,(H2,4,5). The van der Waals surface area contributed by atoms with Gasteiger partial charge < -0.3 is 15.6 Å². The first kappa shape index (κ1) is 14.0. The predicted octanol–water partition coefficient (Wildman–Crippen LogP) is 1.14. The Morgan fingerprint density at radius 1 is 1.46 bits per heavy atom. The number of carbonyl (C=O) groups is 2. The highest BCUT2D eigenvalue weighted by atomic mass is 16.5. The van der Waals surface area contributed by atoms with E-state index >= 15 is 0 Å². The normalized spacial score (nSPS) is 7.62. The molecule has 0 fully saturated rings. The molecule has 0 spiro atoms. The lowest BCUT2D eigenvalue weighted by atomic mass is 10.3. The predicted molar refractivity (Wildman–Crippen MR) is 48.3 cm³/mol. The molecule has 13 heavy (non-hydrogen) atoms. The minimum absolute atomic E-state index is 0.356. The molecule has 0 aliphatic rings. The molecule has 0 bridgehead atoms. The maximum absolute atomic E-state index is 9.73. The number of rotatable bonds is 2.